The lowest BCUT2D eigenvalue weighted by Gasteiger charge is -2.24. The van der Waals surface area contributed by atoms with E-state index in [0.717, 1.165) is 10.5 Å². The van der Waals surface area contributed by atoms with E-state index in [-0.39, 0.29) is 17.5 Å². The molecule has 0 unspecified atom stereocenters. The lowest BCUT2D eigenvalue weighted by Crippen LogP contribution is -2.47. The van der Waals surface area contributed by atoms with Gasteiger partial charge in [0.25, 0.3) is 17.7 Å². The Hall–Kier alpha value is -3.49. The number of hydrogen-bond donors (Lipinski definition) is 1. The summed E-state index contributed by atoms with van der Waals surface area (Å²) >= 11 is 9.52. The van der Waals surface area contributed by atoms with Crippen LogP contribution in [0.5, 0.6) is 0 Å². The Morgan fingerprint density at radius 3 is 2.20 bits per heavy atom. The minimum Gasteiger partial charge on any atom is -0.454 e. The maximum Gasteiger partial charge on any atom is 0.330 e. The van der Waals surface area contributed by atoms with Gasteiger partial charge in [-0.3, -0.25) is 19.3 Å². The summed E-state index contributed by atoms with van der Waals surface area (Å²) < 4.78 is 5.96. The molecule has 1 heterocycles. The number of ether oxygens (including phenoxy) is 1. The van der Waals surface area contributed by atoms with Gasteiger partial charge in [-0.1, -0.05) is 54.1 Å². The third-order valence-electron chi connectivity index (χ3n) is 5.64. The Balaban J connectivity index is 1.51. The Morgan fingerprint density at radius 1 is 0.971 bits per heavy atom. The van der Waals surface area contributed by atoms with E-state index in [0.29, 0.717) is 20.7 Å². The molecule has 4 rings (SSSR count). The maximum absolute atomic E-state index is 13.1. The van der Waals surface area contributed by atoms with Crippen molar-refractivity contribution < 1.29 is 23.9 Å². The molecule has 0 saturated carbocycles. The number of carbonyl (C=O) groups excluding carboxylic acids is 4. The van der Waals surface area contributed by atoms with E-state index in [2.05, 4.69) is 21.2 Å². The first-order valence-electron chi connectivity index (χ1n) is 10.7. The summed E-state index contributed by atoms with van der Waals surface area (Å²) in [5, 5.41) is 3.11. The second-order valence-corrected chi connectivity index (χ2v) is 9.15. The highest BCUT2D eigenvalue weighted by atomic mass is 79.9. The fourth-order valence-corrected chi connectivity index (χ4v) is 4.41. The Labute approximate surface area is 215 Å². The first-order valence-corrected chi connectivity index (χ1v) is 11.9. The zero-order valence-electron chi connectivity index (χ0n) is 18.6. The number of hydrogen-bond acceptors (Lipinski definition) is 5. The van der Waals surface area contributed by atoms with Gasteiger partial charge in [0.05, 0.1) is 16.1 Å². The van der Waals surface area contributed by atoms with Crippen LogP contribution in [0.1, 0.15) is 31.8 Å². The molecule has 1 N–H and O–H groups in total. The van der Waals surface area contributed by atoms with Gasteiger partial charge < -0.3 is 10.1 Å². The molecule has 3 amide bonds. The summed E-state index contributed by atoms with van der Waals surface area (Å²) in [5.74, 6) is -2.59. The van der Waals surface area contributed by atoms with Gasteiger partial charge in [-0.25, -0.2) is 4.79 Å². The topological polar surface area (TPSA) is 92.8 Å². The van der Waals surface area contributed by atoms with Crippen LogP contribution < -0.4 is 5.32 Å². The smallest absolute Gasteiger partial charge is 0.330 e. The van der Waals surface area contributed by atoms with Crippen LogP contribution in [0.4, 0.5) is 5.69 Å². The second-order valence-electron chi connectivity index (χ2n) is 7.92. The quantitative estimate of drug-likeness (QED) is 0.334. The van der Waals surface area contributed by atoms with Crippen molar-refractivity contribution in [3.05, 3.63) is 98.5 Å². The highest BCUT2D eigenvalue weighted by molar-refractivity contribution is 9.10. The second kappa shape index (κ2) is 10.4. The lowest BCUT2D eigenvalue weighted by molar-refractivity contribution is -0.151. The number of halogens is 2. The van der Waals surface area contributed by atoms with E-state index in [4.69, 9.17) is 16.3 Å². The minimum atomic E-state index is -1.23. The molecule has 0 saturated heterocycles. The molecule has 1 atom stereocenters. The van der Waals surface area contributed by atoms with Gasteiger partial charge in [0.15, 0.2) is 6.61 Å². The highest BCUT2D eigenvalue weighted by Crippen LogP contribution is 2.31. The lowest BCUT2D eigenvalue weighted by atomic mass is 10.0. The fraction of sp³-hybridized carbons (Fsp3) is 0.154. The van der Waals surface area contributed by atoms with Crippen molar-refractivity contribution in [3.8, 4) is 0 Å². The number of esters is 1. The summed E-state index contributed by atoms with van der Waals surface area (Å²) in [6, 6.07) is 17.5. The number of anilines is 1. The largest absolute Gasteiger partial charge is 0.454 e. The number of nitrogens with one attached hydrogen (secondary N) is 1. The number of benzene rings is 3. The molecule has 0 bridgehead atoms. The van der Waals surface area contributed by atoms with Gasteiger partial charge >= 0.3 is 5.97 Å². The van der Waals surface area contributed by atoms with Crippen LogP contribution in [0.3, 0.4) is 0 Å². The molecule has 0 aromatic heterocycles. The zero-order valence-corrected chi connectivity index (χ0v) is 20.9. The SMILES string of the molecule is Cc1c(NC(=O)COC(=O)[C@@H](Cc2ccccc2)N2C(=O)c3ccccc3C2=O)ccc(Br)c1Cl. The number of imide groups is 1. The van der Waals surface area contributed by atoms with Crippen molar-refractivity contribution in [1.29, 1.82) is 0 Å². The van der Waals surface area contributed by atoms with Crippen molar-refractivity contribution in [3.63, 3.8) is 0 Å². The van der Waals surface area contributed by atoms with Gasteiger partial charge in [0, 0.05) is 16.6 Å². The van der Waals surface area contributed by atoms with E-state index in [1.54, 1.807) is 67.6 Å². The van der Waals surface area contributed by atoms with Crippen molar-refractivity contribution in [2.45, 2.75) is 19.4 Å². The van der Waals surface area contributed by atoms with Gasteiger partial charge in [0.1, 0.15) is 6.04 Å². The molecule has 1 aliphatic heterocycles. The van der Waals surface area contributed by atoms with Gasteiger partial charge in [-0.05, 0) is 58.2 Å². The third kappa shape index (κ3) is 5.13. The molecule has 0 radical (unpaired) electrons. The third-order valence-corrected chi connectivity index (χ3v) is 7.02. The molecule has 3 aromatic carbocycles. The van der Waals surface area contributed by atoms with Crippen LogP contribution >= 0.6 is 27.5 Å². The number of amides is 3. The van der Waals surface area contributed by atoms with Crippen LogP contribution in [-0.2, 0) is 20.7 Å². The fourth-order valence-electron chi connectivity index (χ4n) is 3.81. The summed E-state index contributed by atoms with van der Waals surface area (Å²) in [5.41, 5.74) is 2.30. The summed E-state index contributed by atoms with van der Waals surface area (Å²) in [6.45, 7) is 1.15. The van der Waals surface area contributed by atoms with Gasteiger partial charge in [-0.15, -0.1) is 0 Å². The van der Waals surface area contributed by atoms with E-state index >= 15 is 0 Å². The molecule has 0 fully saturated rings. The summed E-state index contributed by atoms with van der Waals surface area (Å²) in [7, 11) is 0. The number of fused-ring (bicyclic) bond motifs is 1. The first-order chi connectivity index (χ1) is 16.8. The molecular formula is C26H20BrClN2O5. The van der Waals surface area contributed by atoms with Crippen molar-refractivity contribution in [2.75, 3.05) is 11.9 Å². The molecule has 9 heteroatoms. The first kappa shape index (κ1) is 24.6. The Kier molecular flexibility index (Phi) is 7.33. The molecule has 0 spiro atoms. The van der Waals surface area contributed by atoms with Crippen LogP contribution in [0.25, 0.3) is 0 Å². The molecule has 0 aliphatic carbocycles. The van der Waals surface area contributed by atoms with Crippen molar-refractivity contribution >= 4 is 56.9 Å². The van der Waals surface area contributed by atoms with E-state index in [9.17, 15) is 19.2 Å². The monoisotopic (exact) mass is 554 g/mol. The van der Waals surface area contributed by atoms with Crippen LogP contribution in [-0.4, -0.2) is 41.2 Å². The minimum absolute atomic E-state index is 0.0498. The van der Waals surface area contributed by atoms with E-state index < -0.39 is 36.3 Å². The predicted molar refractivity (Wildman–Crippen MR) is 134 cm³/mol. The average Bonchev–Trinajstić information content (AvgIpc) is 3.12. The van der Waals surface area contributed by atoms with Gasteiger partial charge in [-0.2, -0.15) is 0 Å². The van der Waals surface area contributed by atoms with E-state index in [1.807, 2.05) is 6.07 Å². The molecular weight excluding hydrogens is 536 g/mol. The number of nitrogens with zero attached hydrogens (tertiary/aromatic N) is 1. The summed E-state index contributed by atoms with van der Waals surface area (Å²) in [4.78, 5) is 52.6. The standard InChI is InChI=1S/C26H20BrClN2O5/c1-15-20(12-11-19(27)23(15)28)29-22(31)14-35-26(34)21(13-16-7-3-2-4-8-16)30-24(32)17-9-5-6-10-18(17)25(30)33/h2-12,21H,13-14H2,1H3,(H,29,31)/t21-/m1/s1. The van der Waals surface area contributed by atoms with Crippen LogP contribution in [0, 0.1) is 6.92 Å². The van der Waals surface area contributed by atoms with Crippen LogP contribution in [0.15, 0.2) is 71.2 Å². The summed E-state index contributed by atoms with van der Waals surface area (Å²) in [6.07, 6.45) is 0.0498. The Bertz CT molecular complexity index is 1290. The predicted octanol–water partition coefficient (Wildman–Crippen LogP) is 4.80. The normalized spacial score (nSPS) is 13.4. The van der Waals surface area contributed by atoms with Crippen molar-refractivity contribution in [2.24, 2.45) is 0 Å². The Morgan fingerprint density at radius 2 is 1.57 bits per heavy atom. The molecule has 3 aromatic rings. The van der Waals surface area contributed by atoms with Crippen LogP contribution in [0.2, 0.25) is 5.02 Å². The maximum atomic E-state index is 13.1. The average molecular weight is 556 g/mol. The molecule has 178 valence electrons. The molecule has 7 nitrogen and oxygen atoms in total. The highest BCUT2D eigenvalue weighted by Gasteiger charge is 2.43. The number of carbonyl (C=O) groups is 4. The zero-order chi connectivity index (χ0) is 25.1. The molecule has 35 heavy (non-hydrogen) atoms. The van der Waals surface area contributed by atoms with Crippen molar-refractivity contribution in [1.82, 2.24) is 4.90 Å². The number of rotatable bonds is 7. The molecule has 1 aliphatic rings. The van der Waals surface area contributed by atoms with Gasteiger partial charge in [0.2, 0.25) is 0 Å². The van der Waals surface area contributed by atoms with E-state index in [1.165, 1.54) is 0 Å².